The molecule has 2 aromatic heterocycles. The summed E-state index contributed by atoms with van der Waals surface area (Å²) in [7, 11) is 0. The molecule has 0 bridgehead atoms. The van der Waals surface area contributed by atoms with Crippen molar-refractivity contribution < 1.29 is 43.2 Å². The van der Waals surface area contributed by atoms with E-state index >= 15 is 0 Å². The fourth-order valence-electron chi connectivity index (χ4n) is 3.35. The van der Waals surface area contributed by atoms with E-state index in [2.05, 4.69) is 54.6 Å². The molecular formula is C27H17F3IrNO2S-. The molecule has 35 heavy (non-hydrogen) atoms. The molecule has 179 valence electrons. The number of aliphatic hydroxyl groups is 1. The summed E-state index contributed by atoms with van der Waals surface area (Å²) in [6.45, 7) is 0. The smallest absolute Gasteiger partial charge is 0.448 e. The fraction of sp³-hybridized carbons (Fsp3) is 0.0370. The number of allylic oxidation sites excluding steroid dienone is 2. The van der Waals surface area contributed by atoms with Crippen LogP contribution in [0.25, 0.3) is 32.9 Å². The molecule has 0 aliphatic carbocycles. The zero-order valence-electron chi connectivity index (χ0n) is 17.9. The zero-order chi connectivity index (χ0) is 24.1. The molecule has 0 atom stereocenters. The molecular weight excluding hydrogens is 652 g/mol. The standard InChI is InChI=1S/C19H12N.C8H5F3O2S.Ir/c1-2-8-14(9-3-1)19-17-12-5-4-10-15(17)16-11-6-7-13-18(16)20-19;9-8(10,11)7(13)4-5(12)6-2-1-3-14-6;/h1-8,10-13H;1-4,13H;/q-1;;. The summed E-state index contributed by atoms with van der Waals surface area (Å²) in [6.07, 6.45) is -4.70. The second-order valence-electron chi connectivity index (χ2n) is 7.17. The van der Waals surface area contributed by atoms with Gasteiger partial charge in [0.1, 0.15) is 0 Å². The van der Waals surface area contributed by atoms with Crippen molar-refractivity contribution in [3.63, 3.8) is 0 Å². The Bertz CT molecular complexity index is 1470. The predicted molar refractivity (Wildman–Crippen MR) is 129 cm³/mol. The van der Waals surface area contributed by atoms with Crippen molar-refractivity contribution >= 4 is 38.8 Å². The van der Waals surface area contributed by atoms with Gasteiger partial charge in [-0.15, -0.1) is 47.2 Å². The Kier molecular flexibility index (Phi) is 8.57. The normalized spacial score (nSPS) is 11.5. The van der Waals surface area contributed by atoms with Gasteiger partial charge in [-0.25, -0.2) is 0 Å². The number of aliphatic hydroxyl groups excluding tert-OH is 1. The molecule has 0 fully saturated rings. The zero-order valence-corrected chi connectivity index (χ0v) is 21.1. The van der Waals surface area contributed by atoms with Crippen molar-refractivity contribution in [3.8, 4) is 11.3 Å². The first-order chi connectivity index (χ1) is 16.3. The van der Waals surface area contributed by atoms with Crippen LogP contribution in [-0.4, -0.2) is 22.1 Å². The number of nitrogens with zero attached hydrogens (tertiary/aromatic N) is 1. The topological polar surface area (TPSA) is 50.2 Å². The Morgan fingerprint density at radius 2 is 1.54 bits per heavy atom. The maximum atomic E-state index is 11.8. The van der Waals surface area contributed by atoms with Crippen molar-refractivity contribution in [1.29, 1.82) is 0 Å². The molecule has 1 radical (unpaired) electrons. The van der Waals surface area contributed by atoms with Gasteiger partial charge in [-0.1, -0.05) is 48.5 Å². The van der Waals surface area contributed by atoms with Crippen molar-refractivity contribution in [1.82, 2.24) is 4.98 Å². The van der Waals surface area contributed by atoms with Crippen LogP contribution in [0.2, 0.25) is 0 Å². The van der Waals surface area contributed by atoms with Gasteiger partial charge in [0.25, 0.3) is 0 Å². The Balaban J connectivity index is 0.000000203. The number of hydrogen-bond acceptors (Lipinski definition) is 4. The summed E-state index contributed by atoms with van der Waals surface area (Å²) in [5.74, 6) is -2.73. The van der Waals surface area contributed by atoms with E-state index in [-0.39, 0.29) is 31.1 Å². The first-order valence-corrected chi connectivity index (χ1v) is 11.0. The predicted octanol–water partition coefficient (Wildman–Crippen LogP) is 7.79. The van der Waals surface area contributed by atoms with Crippen LogP contribution < -0.4 is 0 Å². The van der Waals surface area contributed by atoms with Crippen LogP contribution in [-0.2, 0) is 20.1 Å². The number of aromatic nitrogens is 1. The molecule has 0 aliphatic rings. The molecule has 0 unspecified atom stereocenters. The Morgan fingerprint density at radius 1 is 0.886 bits per heavy atom. The molecule has 0 saturated carbocycles. The Morgan fingerprint density at radius 3 is 2.17 bits per heavy atom. The number of para-hydroxylation sites is 1. The van der Waals surface area contributed by atoms with Gasteiger partial charge >= 0.3 is 6.18 Å². The van der Waals surface area contributed by atoms with E-state index in [1.807, 2.05) is 24.3 Å². The molecule has 0 aliphatic heterocycles. The quantitative estimate of drug-likeness (QED) is 0.0703. The third-order valence-electron chi connectivity index (χ3n) is 4.90. The molecule has 1 N–H and O–H groups in total. The third kappa shape index (κ3) is 6.22. The number of fused-ring (bicyclic) bond motifs is 3. The second-order valence-corrected chi connectivity index (χ2v) is 8.12. The summed E-state index contributed by atoms with van der Waals surface area (Å²) in [5, 5.41) is 13.6. The molecule has 5 rings (SSSR count). The van der Waals surface area contributed by atoms with Gasteiger partial charge in [-0.3, -0.25) is 9.78 Å². The van der Waals surface area contributed by atoms with Crippen molar-refractivity contribution in [2.45, 2.75) is 6.18 Å². The van der Waals surface area contributed by atoms with Crippen LogP contribution in [0.5, 0.6) is 0 Å². The average Bonchev–Trinajstić information content (AvgIpc) is 3.39. The van der Waals surface area contributed by atoms with Crippen molar-refractivity contribution in [2.75, 3.05) is 0 Å². The molecule has 3 nitrogen and oxygen atoms in total. The second kappa shape index (κ2) is 11.4. The minimum absolute atomic E-state index is 0. The molecule has 0 amide bonds. The van der Waals surface area contributed by atoms with Gasteiger partial charge in [0, 0.05) is 31.6 Å². The summed E-state index contributed by atoms with van der Waals surface area (Å²) in [6, 6.07) is 30.9. The minimum atomic E-state index is -4.87. The summed E-state index contributed by atoms with van der Waals surface area (Å²) in [4.78, 5) is 16.0. The van der Waals surface area contributed by atoms with Crippen molar-refractivity contribution in [2.24, 2.45) is 0 Å². The van der Waals surface area contributed by atoms with Gasteiger partial charge in [0.05, 0.1) is 10.4 Å². The van der Waals surface area contributed by atoms with Crippen molar-refractivity contribution in [3.05, 3.63) is 113 Å². The van der Waals surface area contributed by atoms with E-state index in [0.29, 0.717) is 0 Å². The van der Waals surface area contributed by atoms with Gasteiger partial charge < -0.3 is 5.11 Å². The number of pyridine rings is 1. The summed E-state index contributed by atoms with van der Waals surface area (Å²) >= 11 is 1.01. The third-order valence-corrected chi connectivity index (χ3v) is 5.78. The molecule has 0 spiro atoms. The van der Waals surface area contributed by atoms with Crippen LogP contribution in [0, 0.1) is 6.07 Å². The summed E-state index contributed by atoms with van der Waals surface area (Å²) in [5.41, 5.74) is 3.06. The molecule has 3 aromatic carbocycles. The Hall–Kier alpha value is -3.32. The number of benzene rings is 3. The Labute approximate surface area is 216 Å². The number of thiophene rings is 1. The van der Waals surface area contributed by atoms with Crippen LogP contribution in [0.4, 0.5) is 13.2 Å². The monoisotopic (exact) mass is 669 g/mol. The number of hydrogen-bond donors (Lipinski definition) is 1. The number of ketones is 1. The first-order valence-electron chi connectivity index (χ1n) is 10.1. The fourth-order valence-corrected chi connectivity index (χ4v) is 3.98. The van der Waals surface area contributed by atoms with E-state index in [9.17, 15) is 18.0 Å². The number of carbonyl (C=O) groups excluding carboxylic acids is 1. The van der Waals surface area contributed by atoms with Gasteiger partial charge in [-0.05, 0) is 34.0 Å². The molecule has 0 saturated heterocycles. The van der Waals surface area contributed by atoms with Gasteiger partial charge in [0.2, 0.25) is 5.76 Å². The van der Waals surface area contributed by atoms with E-state index in [0.717, 1.165) is 28.1 Å². The van der Waals surface area contributed by atoms with Gasteiger partial charge in [0.15, 0.2) is 5.78 Å². The van der Waals surface area contributed by atoms with E-state index < -0.39 is 17.7 Å². The van der Waals surface area contributed by atoms with Crippen LogP contribution in [0.3, 0.4) is 0 Å². The average molecular weight is 669 g/mol. The van der Waals surface area contributed by atoms with Crippen LogP contribution in [0.15, 0.2) is 102 Å². The van der Waals surface area contributed by atoms with E-state index in [4.69, 9.17) is 10.1 Å². The largest absolute Gasteiger partial charge is 0.504 e. The number of halogens is 3. The summed E-state index contributed by atoms with van der Waals surface area (Å²) < 4.78 is 35.4. The van der Waals surface area contributed by atoms with E-state index in [1.54, 1.807) is 5.38 Å². The van der Waals surface area contributed by atoms with Crippen LogP contribution in [0.1, 0.15) is 9.67 Å². The number of rotatable bonds is 3. The van der Waals surface area contributed by atoms with E-state index in [1.165, 1.54) is 28.3 Å². The maximum absolute atomic E-state index is 11.8. The van der Waals surface area contributed by atoms with Gasteiger partial charge in [-0.2, -0.15) is 13.2 Å². The van der Waals surface area contributed by atoms with Crippen LogP contribution >= 0.6 is 11.3 Å². The SMILES string of the molecule is O=C(C=C(O)C(F)(F)F)c1cccs1.[Ir].[c-]1ccccc1-c1nc2ccccc2c2ccccc12. The molecule has 2 heterocycles. The number of carbonyl (C=O) groups is 1. The number of alkyl halides is 3. The minimum Gasteiger partial charge on any atom is -0.504 e. The maximum Gasteiger partial charge on any atom is 0.448 e. The first kappa shape index (κ1) is 26.3. The molecule has 5 aromatic rings. The molecule has 8 heteroatoms.